The number of rotatable bonds is 4. The number of hydrogen-bond acceptors (Lipinski definition) is 3. The van der Waals surface area contributed by atoms with Crippen LogP contribution in [0.2, 0.25) is 0 Å². The second kappa shape index (κ2) is 4.85. The van der Waals surface area contributed by atoms with Gasteiger partial charge in [-0.2, -0.15) is 5.10 Å². The molecule has 5 nitrogen and oxygen atoms in total. The Labute approximate surface area is 111 Å². The summed E-state index contributed by atoms with van der Waals surface area (Å²) in [7, 11) is 0. The quantitative estimate of drug-likeness (QED) is 0.772. The van der Waals surface area contributed by atoms with Crippen LogP contribution in [0.3, 0.4) is 0 Å². The van der Waals surface area contributed by atoms with Gasteiger partial charge in [0.05, 0.1) is 12.7 Å². The van der Waals surface area contributed by atoms with Gasteiger partial charge in [-0.1, -0.05) is 0 Å². The van der Waals surface area contributed by atoms with Crippen molar-refractivity contribution in [3.8, 4) is 0 Å². The number of hydrogen-bond donors (Lipinski definition) is 1. The van der Waals surface area contributed by atoms with Crippen LogP contribution >= 0.6 is 0 Å². The standard InChI is InChI=1S/C14H17N5/c1-2-19-9-11(7-17-19)8-18-10-12(6-15)13-4-3-5-16-14(13)18/h3-5,7,9-10H,2,6,8,15H2,1H3. The summed E-state index contributed by atoms with van der Waals surface area (Å²) in [6.45, 7) is 4.27. The highest BCUT2D eigenvalue weighted by Gasteiger charge is 2.09. The number of nitrogens with zero attached hydrogens (tertiary/aromatic N) is 4. The molecule has 0 spiro atoms. The molecule has 0 saturated heterocycles. The van der Waals surface area contributed by atoms with Gasteiger partial charge in [0.1, 0.15) is 5.65 Å². The maximum Gasteiger partial charge on any atom is 0.140 e. The van der Waals surface area contributed by atoms with E-state index in [1.807, 2.05) is 23.1 Å². The lowest BCUT2D eigenvalue weighted by Crippen LogP contribution is -1.99. The van der Waals surface area contributed by atoms with Crippen LogP contribution in [0.4, 0.5) is 0 Å². The molecule has 3 rings (SSSR count). The smallest absolute Gasteiger partial charge is 0.140 e. The second-order valence-electron chi connectivity index (χ2n) is 4.57. The molecule has 0 aliphatic carbocycles. The lowest BCUT2D eigenvalue weighted by atomic mass is 10.2. The molecular weight excluding hydrogens is 238 g/mol. The van der Waals surface area contributed by atoms with Crippen LogP contribution in [0.1, 0.15) is 18.1 Å². The van der Waals surface area contributed by atoms with E-state index < -0.39 is 0 Å². The number of aromatic nitrogens is 4. The van der Waals surface area contributed by atoms with E-state index in [1.54, 1.807) is 0 Å². The van der Waals surface area contributed by atoms with E-state index in [2.05, 4.69) is 40.0 Å². The molecule has 98 valence electrons. The zero-order valence-electron chi connectivity index (χ0n) is 11.0. The van der Waals surface area contributed by atoms with E-state index in [4.69, 9.17) is 5.73 Å². The molecule has 0 fully saturated rings. The molecule has 0 atom stereocenters. The molecular formula is C14H17N5. The number of pyridine rings is 1. The van der Waals surface area contributed by atoms with Crippen molar-refractivity contribution in [2.75, 3.05) is 0 Å². The Morgan fingerprint density at radius 3 is 2.95 bits per heavy atom. The van der Waals surface area contributed by atoms with Crippen LogP contribution in [0.5, 0.6) is 0 Å². The molecule has 0 bridgehead atoms. The summed E-state index contributed by atoms with van der Waals surface area (Å²) in [6.07, 6.45) is 7.87. The first-order chi connectivity index (χ1) is 9.31. The predicted molar refractivity (Wildman–Crippen MR) is 74.6 cm³/mol. The molecule has 0 unspecified atom stereocenters. The summed E-state index contributed by atoms with van der Waals surface area (Å²) < 4.78 is 4.06. The molecule has 2 N–H and O–H groups in total. The summed E-state index contributed by atoms with van der Waals surface area (Å²) in [6, 6.07) is 4.01. The van der Waals surface area contributed by atoms with Crippen molar-refractivity contribution in [3.63, 3.8) is 0 Å². The maximum absolute atomic E-state index is 5.79. The van der Waals surface area contributed by atoms with Crippen molar-refractivity contribution in [2.24, 2.45) is 5.73 Å². The normalized spacial score (nSPS) is 11.3. The van der Waals surface area contributed by atoms with E-state index in [0.29, 0.717) is 6.54 Å². The van der Waals surface area contributed by atoms with E-state index in [9.17, 15) is 0 Å². The highest BCUT2D eigenvalue weighted by atomic mass is 15.3. The van der Waals surface area contributed by atoms with Gasteiger partial charge in [-0.3, -0.25) is 4.68 Å². The molecule has 0 aromatic carbocycles. The van der Waals surface area contributed by atoms with Gasteiger partial charge in [-0.25, -0.2) is 4.98 Å². The van der Waals surface area contributed by atoms with Gasteiger partial charge in [-0.05, 0) is 24.6 Å². The summed E-state index contributed by atoms with van der Waals surface area (Å²) in [5, 5.41) is 5.43. The Kier molecular flexibility index (Phi) is 3.05. The molecule has 5 heteroatoms. The highest BCUT2D eigenvalue weighted by molar-refractivity contribution is 5.80. The van der Waals surface area contributed by atoms with E-state index in [0.717, 1.165) is 29.7 Å². The lowest BCUT2D eigenvalue weighted by Gasteiger charge is -2.01. The fraction of sp³-hybridized carbons (Fsp3) is 0.286. The molecule has 0 saturated carbocycles. The number of fused-ring (bicyclic) bond motifs is 1. The first-order valence-corrected chi connectivity index (χ1v) is 6.46. The molecule has 0 aliphatic rings. The third kappa shape index (κ3) is 2.13. The summed E-state index contributed by atoms with van der Waals surface area (Å²) in [4.78, 5) is 4.45. The van der Waals surface area contributed by atoms with Crippen LogP contribution in [-0.4, -0.2) is 19.3 Å². The van der Waals surface area contributed by atoms with Crippen molar-refractivity contribution in [1.82, 2.24) is 19.3 Å². The van der Waals surface area contributed by atoms with Gasteiger partial charge >= 0.3 is 0 Å². The zero-order valence-corrected chi connectivity index (χ0v) is 11.0. The molecule has 3 heterocycles. The molecule has 0 aliphatic heterocycles. The largest absolute Gasteiger partial charge is 0.328 e. The van der Waals surface area contributed by atoms with Gasteiger partial charge in [0.2, 0.25) is 0 Å². The van der Waals surface area contributed by atoms with Gasteiger partial charge in [0.15, 0.2) is 0 Å². The van der Waals surface area contributed by atoms with E-state index >= 15 is 0 Å². The first kappa shape index (κ1) is 11.9. The van der Waals surface area contributed by atoms with Gasteiger partial charge < -0.3 is 10.3 Å². The number of nitrogens with two attached hydrogens (primary N) is 1. The topological polar surface area (TPSA) is 61.7 Å². The summed E-state index contributed by atoms with van der Waals surface area (Å²) in [5.41, 5.74) is 9.07. The molecule has 3 aromatic heterocycles. The monoisotopic (exact) mass is 255 g/mol. The van der Waals surface area contributed by atoms with E-state index in [-0.39, 0.29) is 0 Å². The van der Waals surface area contributed by atoms with Crippen LogP contribution in [0.15, 0.2) is 36.9 Å². The third-order valence-electron chi connectivity index (χ3n) is 3.30. The van der Waals surface area contributed by atoms with Crippen LogP contribution in [0.25, 0.3) is 11.0 Å². The fourth-order valence-corrected chi connectivity index (χ4v) is 2.34. The fourth-order valence-electron chi connectivity index (χ4n) is 2.34. The average molecular weight is 255 g/mol. The zero-order chi connectivity index (χ0) is 13.2. The second-order valence-corrected chi connectivity index (χ2v) is 4.57. The van der Waals surface area contributed by atoms with Crippen molar-refractivity contribution < 1.29 is 0 Å². The molecule has 0 radical (unpaired) electrons. The Hall–Kier alpha value is -2.14. The van der Waals surface area contributed by atoms with Gasteiger partial charge in [0, 0.05) is 42.6 Å². The Morgan fingerprint density at radius 2 is 2.21 bits per heavy atom. The SMILES string of the molecule is CCn1cc(Cn2cc(CN)c3cccnc32)cn1. The minimum atomic E-state index is 0.531. The van der Waals surface area contributed by atoms with Crippen molar-refractivity contribution in [1.29, 1.82) is 0 Å². The van der Waals surface area contributed by atoms with Crippen LogP contribution < -0.4 is 5.73 Å². The van der Waals surface area contributed by atoms with Crippen molar-refractivity contribution in [2.45, 2.75) is 26.6 Å². The first-order valence-electron chi connectivity index (χ1n) is 6.46. The van der Waals surface area contributed by atoms with Crippen LogP contribution in [-0.2, 0) is 19.6 Å². The molecule has 0 amide bonds. The van der Waals surface area contributed by atoms with E-state index in [1.165, 1.54) is 5.56 Å². The third-order valence-corrected chi connectivity index (χ3v) is 3.30. The van der Waals surface area contributed by atoms with Gasteiger partial charge in [-0.15, -0.1) is 0 Å². The molecule has 3 aromatic rings. The predicted octanol–water partition coefficient (Wildman–Crippen LogP) is 1.76. The van der Waals surface area contributed by atoms with Crippen molar-refractivity contribution >= 4 is 11.0 Å². The maximum atomic E-state index is 5.79. The molecule has 19 heavy (non-hydrogen) atoms. The Balaban J connectivity index is 2.00. The lowest BCUT2D eigenvalue weighted by molar-refractivity contribution is 0.658. The summed E-state index contributed by atoms with van der Waals surface area (Å²) in [5.74, 6) is 0. The minimum Gasteiger partial charge on any atom is -0.328 e. The summed E-state index contributed by atoms with van der Waals surface area (Å²) >= 11 is 0. The Bertz CT molecular complexity index is 695. The van der Waals surface area contributed by atoms with Crippen LogP contribution in [0, 0.1) is 0 Å². The Morgan fingerprint density at radius 1 is 1.32 bits per heavy atom. The minimum absolute atomic E-state index is 0.531. The van der Waals surface area contributed by atoms with Crippen molar-refractivity contribution in [3.05, 3.63) is 48.0 Å². The average Bonchev–Trinajstić information content (AvgIpc) is 3.04. The van der Waals surface area contributed by atoms with Gasteiger partial charge in [0.25, 0.3) is 0 Å². The number of aryl methyl sites for hydroxylation is 1. The highest BCUT2D eigenvalue weighted by Crippen LogP contribution is 2.19.